The van der Waals surface area contributed by atoms with Gasteiger partial charge in [-0.15, -0.1) is 11.8 Å². The molecule has 8 nitrogen and oxygen atoms in total. The van der Waals surface area contributed by atoms with Crippen LogP contribution in [0.3, 0.4) is 0 Å². The van der Waals surface area contributed by atoms with Crippen molar-refractivity contribution in [3.8, 4) is 0 Å². The third-order valence-corrected chi connectivity index (χ3v) is 6.16. The molecule has 2 aliphatic rings. The van der Waals surface area contributed by atoms with Gasteiger partial charge in [0.15, 0.2) is 0 Å². The zero-order chi connectivity index (χ0) is 19.2. The first-order chi connectivity index (χ1) is 12.1. The van der Waals surface area contributed by atoms with Crippen LogP contribution in [0.1, 0.15) is 25.3 Å². The van der Waals surface area contributed by atoms with Gasteiger partial charge in [0.05, 0.1) is 18.0 Å². The summed E-state index contributed by atoms with van der Waals surface area (Å²) in [4.78, 5) is 48.8. The van der Waals surface area contributed by atoms with Crippen LogP contribution in [0, 0.1) is 0 Å². The molecule has 1 N–H and O–H groups in total. The van der Waals surface area contributed by atoms with Crippen molar-refractivity contribution in [2.45, 2.75) is 42.0 Å². The van der Waals surface area contributed by atoms with Crippen molar-refractivity contribution in [1.29, 1.82) is 0 Å². The number of thioether (sulfide) groups is 1. The molecule has 2 saturated heterocycles. The van der Waals surface area contributed by atoms with Gasteiger partial charge in [0.1, 0.15) is 17.3 Å². The van der Waals surface area contributed by atoms with Crippen LogP contribution in [0.15, 0.2) is 30.3 Å². The number of rotatable bonds is 5. The van der Waals surface area contributed by atoms with E-state index in [1.165, 1.54) is 28.8 Å². The quantitative estimate of drug-likeness (QED) is 0.283. The van der Waals surface area contributed by atoms with Crippen LogP contribution < -0.4 is 74.6 Å². The second-order valence-corrected chi connectivity index (χ2v) is 8.50. The van der Waals surface area contributed by atoms with E-state index >= 15 is 0 Å². The molecule has 3 rings (SSSR count). The van der Waals surface area contributed by atoms with Crippen molar-refractivity contribution in [2.75, 3.05) is 0 Å². The molecule has 0 saturated carbocycles. The molecule has 0 aromatic heterocycles. The molecule has 1 aromatic rings. The molecule has 0 spiro atoms. The largest absolute Gasteiger partial charge is 1.00 e. The Kier molecular flexibility index (Phi) is 8.65. The van der Waals surface area contributed by atoms with Crippen molar-refractivity contribution < 1.29 is 88.5 Å². The number of amides is 2. The van der Waals surface area contributed by atoms with Crippen LogP contribution in [0.25, 0.3) is 0 Å². The van der Waals surface area contributed by atoms with Crippen molar-refractivity contribution >= 4 is 35.5 Å². The van der Waals surface area contributed by atoms with Gasteiger partial charge in [0, 0.05) is 4.75 Å². The van der Waals surface area contributed by atoms with Crippen LogP contribution >= 0.6 is 11.8 Å². The third kappa shape index (κ3) is 4.45. The first kappa shape index (κ1) is 25.5. The van der Waals surface area contributed by atoms with Gasteiger partial charge in [-0.05, 0) is 19.4 Å². The zero-order valence-electron chi connectivity index (χ0n) is 16.0. The Hall–Kier alpha value is -0.550. The summed E-state index contributed by atoms with van der Waals surface area (Å²) in [6.45, 7) is 3.35. The topological polar surface area (TPSA) is 130 Å². The number of nitrogens with one attached hydrogen (secondary N) is 1. The molecule has 0 radical (unpaired) electrons. The van der Waals surface area contributed by atoms with Gasteiger partial charge in [-0.1, -0.05) is 30.3 Å². The summed E-state index contributed by atoms with van der Waals surface area (Å²) in [5.41, 5.74) is 0.237. The maximum Gasteiger partial charge on any atom is 1.00 e. The van der Waals surface area contributed by atoms with E-state index in [1.54, 1.807) is 32.0 Å². The molecule has 2 heterocycles. The van der Waals surface area contributed by atoms with E-state index in [-0.39, 0.29) is 64.7 Å². The molecule has 28 heavy (non-hydrogen) atoms. The van der Waals surface area contributed by atoms with Gasteiger partial charge >= 0.3 is 59.1 Å². The standard InChI is InChI=1S/C17H18N2O6S.2Na/c1-17(2)11(16(24)25)19-13(21)10(14(19)26-17)18-12(20)9(15(22)23)8-6-4-3-5-7-8;;/h3-7,9-11,14H,1-2H3,(H,18,20)(H,22,23)(H,24,25);;/q;2*+1/p-2/t9?,10?,11?,14-;;/m1../s1. The Bertz CT molecular complexity index is 791. The number of carboxylic acids is 2. The normalized spacial score (nSPS) is 25.3. The molecule has 11 heteroatoms. The third-order valence-electron chi connectivity index (χ3n) is 4.59. The predicted molar refractivity (Wildman–Crippen MR) is 87.2 cm³/mol. The maximum absolute atomic E-state index is 12.5. The smallest absolute Gasteiger partial charge is 0.549 e. The molecule has 0 bridgehead atoms. The van der Waals surface area contributed by atoms with Crippen molar-refractivity contribution in [3.63, 3.8) is 0 Å². The van der Waals surface area contributed by atoms with Gasteiger partial charge in [0.2, 0.25) is 11.8 Å². The van der Waals surface area contributed by atoms with E-state index < -0.39 is 51.9 Å². The molecule has 2 amide bonds. The minimum absolute atomic E-state index is 0. The van der Waals surface area contributed by atoms with Crippen molar-refractivity contribution in [3.05, 3.63) is 35.9 Å². The number of nitrogens with zero attached hydrogens (tertiary/aromatic N) is 1. The average molecular weight is 422 g/mol. The van der Waals surface area contributed by atoms with E-state index in [9.17, 15) is 29.4 Å². The molecule has 0 aliphatic carbocycles. The summed E-state index contributed by atoms with van der Waals surface area (Å²) in [7, 11) is 0. The molecule has 2 aliphatic heterocycles. The number of β-lactam (4-membered cyclic amide) rings is 1. The molecular weight excluding hydrogens is 406 g/mol. The minimum Gasteiger partial charge on any atom is -0.549 e. The molecule has 2 fully saturated rings. The number of fused-ring (bicyclic) bond motifs is 1. The van der Waals surface area contributed by atoms with Crippen LogP contribution in [0.4, 0.5) is 0 Å². The second kappa shape index (κ2) is 9.51. The number of benzene rings is 1. The van der Waals surface area contributed by atoms with Crippen LogP contribution in [-0.4, -0.2) is 50.9 Å². The summed E-state index contributed by atoms with van der Waals surface area (Å²) < 4.78 is -0.786. The van der Waals surface area contributed by atoms with E-state index in [2.05, 4.69) is 5.32 Å². The van der Waals surface area contributed by atoms with Crippen molar-refractivity contribution in [2.24, 2.45) is 0 Å². The van der Waals surface area contributed by atoms with Crippen LogP contribution in [-0.2, 0) is 19.2 Å². The van der Waals surface area contributed by atoms with Crippen molar-refractivity contribution in [1.82, 2.24) is 10.2 Å². The van der Waals surface area contributed by atoms with E-state index in [0.717, 1.165) is 0 Å². The first-order valence-corrected chi connectivity index (χ1v) is 8.80. The fourth-order valence-corrected chi connectivity index (χ4v) is 5.02. The number of carbonyl (C=O) groups excluding carboxylic acids is 4. The van der Waals surface area contributed by atoms with E-state index in [1.807, 2.05) is 0 Å². The zero-order valence-corrected chi connectivity index (χ0v) is 20.8. The monoisotopic (exact) mass is 422 g/mol. The Morgan fingerprint density at radius 3 is 2.21 bits per heavy atom. The number of hydrogen-bond acceptors (Lipinski definition) is 7. The fourth-order valence-electron chi connectivity index (χ4n) is 3.40. The molecule has 1 aromatic carbocycles. The SMILES string of the molecule is CC1(C)S[C@@H]2C(NC(=O)C(C(=O)[O-])c3ccccc3)C(=O)N2C1C(=O)[O-].[Na+].[Na+]. The Morgan fingerprint density at radius 1 is 1.14 bits per heavy atom. The van der Waals surface area contributed by atoms with E-state index in [0.29, 0.717) is 0 Å². The summed E-state index contributed by atoms with van der Waals surface area (Å²) in [6.07, 6.45) is 0. The van der Waals surface area contributed by atoms with E-state index in [4.69, 9.17) is 0 Å². The molecule has 4 atom stereocenters. The maximum atomic E-state index is 12.5. The van der Waals surface area contributed by atoms with Gasteiger partial charge < -0.3 is 30.0 Å². The summed E-state index contributed by atoms with van der Waals surface area (Å²) in [5.74, 6) is -5.94. The molecule has 3 unspecified atom stereocenters. The van der Waals surface area contributed by atoms with Crippen LogP contribution in [0.5, 0.6) is 0 Å². The average Bonchev–Trinajstić information content (AvgIpc) is 2.82. The van der Waals surface area contributed by atoms with Gasteiger partial charge in [-0.3, -0.25) is 9.59 Å². The first-order valence-electron chi connectivity index (χ1n) is 7.92. The summed E-state index contributed by atoms with van der Waals surface area (Å²) >= 11 is 1.23. The second-order valence-electron chi connectivity index (χ2n) is 6.73. The number of carbonyl (C=O) groups is 4. The fraction of sp³-hybridized carbons (Fsp3) is 0.412. The van der Waals surface area contributed by atoms with Gasteiger partial charge in [-0.25, -0.2) is 0 Å². The minimum atomic E-state index is -1.58. The number of carboxylic acid groups (broad SMARTS) is 2. The predicted octanol–water partition coefficient (Wildman–Crippen LogP) is -8.17. The number of aliphatic carboxylic acids is 2. The number of hydrogen-bond donors (Lipinski definition) is 1. The van der Waals surface area contributed by atoms with Gasteiger partial charge in [-0.2, -0.15) is 0 Å². The Morgan fingerprint density at radius 2 is 1.71 bits per heavy atom. The Labute approximate surface area is 210 Å². The molecule has 138 valence electrons. The molecular formula is C17H16N2Na2O6S. The summed E-state index contributed by atoms with van der Waals surface area (Å²) in [6, 6.07) is 5.73. The van der Waals surface area contributed by atoms with Gasteiger partial charge in [0.25, 0.3) is 0 Å². The van der Waals surface area contributed by atoms with Crippen LogP contribution in [0.2, 0.25) is 0 Å². The summed E-state index contributed by atoms with van der Waals surface area (Å²) in [5, 5.41) is 24.6. The Balaban J connectivity index is 0.00000196.